The van der Waals surface area contributed by atoms with Crippen molar-refractivity contribution in [2.24, 2.45) is 0 Å². The van der Waals surface area contributed by atoms with E-state index in [-0.39, 0.29) is 11.7 Å². The van der Waals surface area contributed by atoms with Gasteiger partial charge in [0, 0.05) is 5.69 Å². The lowest BCUT2D eigenvalue weighted by molar-refractivity contribution is 0.0996. The van der Waals surface area contributed by atoms with E-state index in [9.17, 15) is 4.79 Å². The smallest absolute Gasteiger partial charge is 0.330 e. The van der Waals surface area contributed by atoms with E-state index in [1.165, 1.54) is 12.6 Å². The number of benzene rings is 1. The Labute approximate surface area is 98.1 Å². The molecular weight excluding hydrogens is 219 g/mol. The number of hydrogen-bond acceptors (Lipinski definition) is 4. The Morgan fingerprint density at radius 2 is 2.41 bits per heavy atom. The molecule has 6 heteroatoms. The van der Waals surface area contributed by atoms with Crippen molar-refractivity contribution >= 4 is 24.5 Å². The maximum atomic E-state index is 11.7. The lowest BCUT2D eigenvalue weighted by atomic mass is 9.87. The maximum Gasteiger partial charge on any atom is 0.330 e. The topological polar surface area (TPSA) is 64.4 Å². The van der Waals surface area contributed by atoms with E-state index in [0.29, 0.717) is 12.3 Å². The molecule has 83 valence electrons. The van der Waals surface area contributed by atoms with E-state index in [1.54, 1.807) is 7.48 Å². The van der Waals surface area contributed by atoms with Gasteiger partial charge in [0.25, 0.3) is 5.91 Å². The number of carbonyl (C=O) groups is 1. The minimum absolute atomic E-state index is 0.186. The summed E-state index contributed by atoms with van der Waals surface area (Å²) in [6.07, 6.45) is 2.59. The number of nitrogens with one attached hydrogen (secondary N) is 1. The molecule has 1 amide bonds. The third-order valence-electron chi connectivity index (χ3n) is 2.51. The summed E-state index contributed by atoms with van der Waals surface area (Å²) < 4.78 is 10.1. The fourth-order valence-electron chi connectivity index (χ4n) is 1.66. The maximum absolute atomic E-state index is 11.7. The summed E-state index contributed by atoms with van der Waals surface area (Å²) in [5.74, 6) is -0.132. The lowest BCUT2D eigenvalue weighted by Gasteiger charge is -2.04. The fourth-order valence-corrected chi connectivity index (χ4v) is 1.66. The van der Waals surface area contributed by atoms with Crippen molar-refractivity contribution in [2.75, 3.05) is 5.32 Å². The molecule has 0 saturated carbocycles. The van der Waals surface area contributed by atoms with Crippen molar-refractivity contribution in [3.63, 3.8) is 0 Å². The molecule has 1 radical (unpaired) electrons. The van der Waals surface area contributed by atoms with E-state index in [0.717, 1.165) is 11.0 Å². The zero-order chi connectivity index (χ0) is 11.7. The summed E-state index contributed by atoms with van der Waals surface area (Å²) in [6, 6.07) is 5.61. The second-order valence-corrected chi connectivity index (χ2v) is 3.66. The molecule has 0 unspecified atom stereocenters. The largest absolute Gasteiger partial charge is 0.438 e. The zero-order valence-electron chi connectivity index (χ0n) is 8.84. The highest BCUT2D eigenvalue weighted by molar-refractivity contribution is 6.49. The van der Waals surface area contributed by atoms with Crippen molar-refractivity contribution in [1.29, 1.82) is 0 Å². The summed E-state index contributed by atoms with van der Waals surface area (Å²) in [5, 5.41) is 2.73. The summed E-state index contributed by atoms with van der Waals surface area (Å²) >= 11 is 0. The van der Waals surface area contributed by atoms with Gasteiger partial charge in [-0.25, -0.2) is 4.98 Å². The Morgan fingerprint density at radius 3 is 3.24 bits per heavy atom. The number of fused-ring (bicyclic) bond motifs is 1. The van der Waals surface area contributed by atoms with Gasteiger partial charge in [0.15, 0.2) is 6.39 Å². The van der Waals surface area contributed by atoms with Crippen LogP contribution in [0.2, 0.25) is 0 Å². The Balaban J connectivity index is 1.80. The van der Waals surface area contributed by atoms with Gasteiger partial charge in [-0.05, 0) is 23.2 Å². The van der Waals surface area contributed by atoms with E-state index in [2.05, 4.69) is 10.3 Å². The number of carbonyl (C=O) groups excluding carboxylic acids is 1. The Kier molecular flexibility index (Phi) is 2.42. The van der Waals surface area contributed by atoms with Crippen molar-refractivity contribution < 1.29 is 13.9 Å². The first kappa shape index (κ1) is 10.1. The predicted octanol–water partition coefficient (Wildman–Crippen LogP) is 0.702. The first-order valence-corrected chi connectivity index (χ1v) is 5.10. The molecule has 1 aromatic carbocycles. The summed E-state index contributed by atoms with van der Waals surface area (Å²) in [7, 11) is 1.68. The Morgan fingerprint density at radius 1 is 1.47 bits per heavy atom. The number of hydrogen-bond donors (Lipinski definition) is 1. The van der Waals surface area contributed by atoms with Crippen LogP contribution in [0, 0.1) is 0 Å². The van der Waals surface area contributed by atoms with Crippen LogP contribution in [-0.4, -0.2) is 18.4 Å². The van der Waals surface area contributed by atoms with E-state index in [1.807, 2.05) is 18.2 Å². The molecule has 0 atom stereocenters. The van der Waals surface area contributed by atoms with Crippen LogP contribution in [0.25, 0.3) is 0 Å². The highest BCUT2D eigenvalue weighted by atomic mass is 16.4. The monoisotopic (exact) mass is 227 g/mol. The average molecular weight is 227 g/mol. The highest BCUT2D eigenvalue weighted by Crippen LogP contribution is 2.13. The molecular formula is C11H8BN2O3. The molecule has 17 heavy (non-hydrogen) atoms. The van der Waals surface area contributed by atoms with Gasteiger partial charge in [0.2, 0.25) is 5.76 Å². The van der Waals surface area contributed by atoms with Crippen LogP contribution >= 0.6 is 0 Å². The molecule has 1 N–H and O–H groups in total. The summed E-state index contributed by atoms with van der Waals surface area (Å²) in [6.45, 7) is 0.589. The summed E-state index contributed by atoms with van der Waals surface area (Å²) in [5.41, 5.74) is 2.80. The van der Waals surface area contributed by atoms with Crippen LogP contribution in [0.15, 0.2) is 35.2 Å². The minimum Gasteiger partial charge on any atom is -0.438 e. The number of anilines is 1. The molecule has 2 heterocycles. The molecule has 1 aliphatic rings. The standard InChI is InChI=1S/C11H8BN2O3/c15-11(10-4-13-6-16-10)14-8-2-1-7-5-17-12-9(7)3-8/h1-4,6H,5H2,(H,14,15). The van der Waals surface area contributed by atoms with Crippen LogP contribution in [-0.2, 0) is 11.3 Å². The molecule has 1 aliphatic heterocycles. The van der Waals surface area contributed by atoms with E-state index >= 15 is 0 Å². The predicted molar refractivity (Wildman–Crippen MR) is 61.1 cm³/mol. The molecule has 2 aromatic rings. The quantitative estimate of drug-likeness (QED) is 0.767. The molecule has 1 aromatic heterocycles. The number of aromatic nitrogens is 1. The normalized spacial score (nSPS) is 12.9. The van der Waals surface area contributed by atoms with Gasteiger partial charge in [0.05, 0.1) is 12.8 Å². The second kappa shape index (κ2) is 4.06. The Bertz CT molecular complexity index is 554. The van der Waals surface area contributed by atoms with Gasteiger partial charge < -0.3 is 14.4 Å². The molecule has 0 bridgehead atoms. The van der Waals surface area contributed by atoms with E-state index < -0.39 is 0 Å². The molecule has 0 saturated heterocycles. The van der Waals surface area contributed by atoms with Crippen LogP contribution in [0.5, 0.6) is 0 Å². The average Bonchev–Trinajstić information content (AvgIpc) is 2.99. The molecule has 5 nitrogen and oxygen atoms in total. The molecule has 3 rings (SSSR count). The molecule has 0 aliphatic carbocycles. The number of amides is 1. The number of rotatable bonds is 2. The second-order valence-electron chi connectivity index (χ2n) is 3.66. The van der Waals surface area contributed by atoms with E-state index in [4.69, 9.17) is 9.07 Å². The lowest BCUT2D eigenvalue weighted by Crippen LogP contribution is -2.16. The van der Waals surface area contributed by atoms with Crippen LogP contribution < -0.4 is 10.8 Å². The van der Waals surface area contributed by atoms with Crippen molar-refractivity contribution in [1.82, 2.24) is 4.98 Å². The highest BCUT2D eigenvalue weighted by Gasteiger charge is 2.15. The summed E-state index contributed by atoms with van der Waals surface area (Å²) in [4.78, 5) is 15.4. The third kappa shape index (κ3) is 1.94. The number of oxazole rings is 1. The van der Waals surface area contributed by atoms with Crippen LogP contribution in [0.1, 0.15) is 16.1 Å². The van der Waals surface area contributed by atoms with Gasteiger partial charge >= 0.3 is 7.48 Å². The number of nitrogens with zero attached hydrogens (tertiary/aromatic N) is 1. The first-order chi connectivity index (χ1) is 8.33. The fraction of sp³-hybridized carbons (Fsp3) is 0.0909. The van der Waals surface area contributed by atoms with Crippen LogP contribution in [0.3, 0.4) is 0 Å². The van der Waals surface area contributed by atoms with Crippen molar-refractivity contribution in [3.05, 3.63) is 42.1 Å². The van der Waals surface area contributed by atoms with Gasteiger partial charge in [-0.1, -0.05) is 6.07 Å². The zero-order valence-corrected chi connectivity index (χ0v) is 8.84. The third-order valence-corrected chi connectivity index (χ3v) is 2.51. The minimum atomic E-state index is -0.318. The first-order valence-electron chi connectivity index (χ1n) is 5.10. The molecule has 0 spiro atoms. The SMILES string of the molecule is O=C(Nc1ccc2c(c1)[B]OC2)c1cnco1. The van der Waals surface area contributed by atoms with Gasteiger partial charge in [-0.3, -0.25) is 4.79 Å². The van der Waals surface area contributed by atoms with Crippen molar-refractivity contribution in [3.8, 4) is 0 Å². The Hall–Kier alpha value is -2.08. The van der Waals surface area contributed by atoms with Gasteiger partial charge in [-0.2, -0.15) is 0 Å². The van der Waals surface area contributed by atoms with Crippen LogP contribution in [0.4, 0.5) is 5.69 Å². The van der Waals surface area contributed by atoms with Gasteiger partial charge in [0.1, 0.15) is 0 Å². The molecule has 0 fully saturated rings. The van der Waals surface area contributed by atoms with Crippen molar-refractivity contribution in [2.45, 2.75) is 6.61 Å². The van der Waals surface area contributed by atoms with Gasteiger partial charge in [-0.15, -0.1) is 0 Å².